The average Bonchev–Trinajstić information content (AvgIpc) is 2.27. The van der Waals surface area contributed by atoms with Crippen LogP contribution in [0.15, 0.2) is 28.6 Å². The SMILES string of the molecule is [2H]c1c([2H])c(Br)c([2H])c(NC(=O)OC(C)(C)C)c1[2H]. The molecule has 0 unspecified atom stereocenters. The molecule has 0 bridgehead atoms. The Morgan fingerprint density at radius 1 is 1.53 bits per heavy atom. The van der Waals surface area contributed by atoms with Gasteiger partial charge in [-0.2, -0.15) is 0 Å². The van der Waals surface area contributed by atoms with Crippen molar-refractivity contribution in [2.75, 3.05) is 5.32 Å². The number of ether oxygens (including phenoxy) is 1. The Labute approximate surface area is 104 Å². The minimum atomic E-state index is -0.807. The van der Waals surface area contributed by atoms with Crippen molar-refractivity contribution in [1.82, 2.24) is 0 Å². The highest BCUT2D eigenvalue weighted by atomic mass is 79.9. The summed E-state index contributed by atoms with van der Waals surface area (Å²) < 4.78 is 35.6. The van der Waals surface area contributed by atoms with Crippen molar-refractivity contribution >= 4 is 27.7 Å². The lowest BCUT2D eigenvalue weighted by Crippen LogP contribution is -2.27. The molecule has 0 saturated heterocycles. The second-order valence-electron chi connectivity index (χ2n) is 3.82. The van der Waals surface area contributed by atoms with Crippen molar-refractivity contribution in [2.45, 2.75) is 26.4 Å². The molecule has 82 valence electrons. The second kappa shape index (κ2) is 4.66. The Morgan fingerprint density at radius 3 is 2.80 bits per heavy atom. The lowest BCUT2D eigenvalue weighted by atomic mass is 10.2. The van der Waals surface area contributed by atoms with Crippen molar-refractivity contribution in [1.29, 1.82) is 0 Å². The maximum atomic E-state index is 11.6. The third kappa shape index (κ3) is 4.83. The number of benzene rings is 1. The minimum Gasteiger partial charge on any atom is -0.444 e. The van der Waals surface area contributed by atoms with E-state index < -0.39 is 11.7 Å². The predicted molar refractivity (Wildman–Crippen MR) is 64.0 cm³/mol. The van der Waals surface area contributed by atoms with Crippen LogP contribution < -0.4 is 5.32 Å². The van der Waals surface area contributed by atoms with E-state index in [2.05, 4.69) is 21.2 Å². The van der Waals surface area contributed by atoms with Crippen LogP contribution in [0.5, 0.6) is 0 Å². The highest BCUT2D eigenvalue weighted by molar-refractivity contribution is 9.10. The molecule has 1 rings (SSSR count). The monoisotopic (exact) mass is 275 g/mol. The molecule has 0 atom stereocenters. The van der Waals surface area contributed by atoms with Gasteiger partial charge in [0, 0.05) is 10.2 Å². The van der Waals surface area contributed by atoms with Crippen LogP contribution in [0.3, 0.4) is 0 Å². The van der Waals surface area contributed by atoms with Crippen LogP contribution in [-0.4, -0.2) is 11.7 Å². The van der Waals surface area contributed by atoms with Gasteiger partial charge in [0.2, 0.25) is 0 Å². The predicted octanol–water partition coefficient (Wildman–Crippen LogP) is 3.80. The Kier molecular flexibility index (Phi) is 2.26. The Hall–Kier alpha value is -1.03. The number of carbonyl (C=O) groups is 1. The molecular weight excluding hydrogens is 258 g/mol. The van der Waals surface area contributed by atoms with Crippen molar-refractivity contribution in [3.8, 4) is 0 Å². The van der Waals surface area contributed by atoms with E-state index >= 15 is 0 Å². The quantitative estimate of drug-likeness (QED) is 0.847. The summed E-state index contributed by atoms with van der Waals surface area (Å²) >= 11 is 3.00. The number of nitrogens with one attached hydrogen (secondary N) is 1. The summed E-state index contributed by atoms with van der Waals surface area (Å²) in [7, 11) is 0. The van der Waals surface area contributed by atoms with E-state index in [-0.39, 0.29) is 34.3 Å². The summed E-state index contributed by atoms with van der Waals surface area (Å²) in [6, 6.07) is -1.24. The van der Waals surface area contributed by atoms with Gasteiger partial charge in [0.15, 0.2) is 0 Å². The Balaban J connectivity index is 3.13. The van der Waals surface area contributed by atoms with Gasteiger partial charge in [-0.25, -0.2) is 4.79 Å². The molecule has 0 radical (unpaired) electrons. The van der Waals surface area contributed by atoms with E-state index in [1.54, 1.807) is 20.8 Å². The average molecular weight is 276 g/mol. The van der Waals surface area contributed by atoms with E-state index in [0.29, 0.717) is 0 Å². The van der Waals surface area contributed by atoms with Crippen LogP contribution in [0.1, 0.15) is 26.3 Å². The van der Waals surface area contributed by atoms with E-state index in [1.807, 2.05) is 0 Å². The molecule has 0 aliphatic carbocycles. The molecule has 4 heteroatoms. The van der Waals surface area contributed by atoms with Gasteiger partial charge >= 0.3 is 6.09 Å². The summed E-state index contributed by atoms with van der Waals surface area (Å²) in [5.41, 5.74) is -0.854. The van der Waals surface area contributed by atoms with Gasteiger partial charge in [-0.1, -0.05) is 22.0 Å². The van der Waals surface area contributed by atoms with Gasteiger partial charge in [-0.05, 0) is 38.9 Å². The summed E-state index contributed by atoms with van der Waals surface area (Å²) in [5, 5.41) is 2.27. The fraction of sp³-hybridized carbons (Fsp3) is 0.364. The van der Waals surface area contributed by atoms with Crippen LogP contribution in [0.25, 0.3) is 0 Å². The molecule has 1 aromatic carbocycles. The fourth-order valence-electron chi connectivity index (χ4n) is 0.789. The number of hydrogen-bond donors (Lipinski definition) is 1. The molecule has 3 nitrogen and oxygen atoms in total. The molecule has 0 saturated carbocycles. The summed E-state index contributed by atoms with van der Waals surface area (Å²) in [4.78, 5) is 11.6. The van der Waals surface area contributed by atoms with Gasteiger partial charge in [0.05, 0.1) is 5.48 Å². The third-order valence-corrected chi connectivity index (χ3v) is 1.62. The number of amides is 1. The number of halogens is 1. The molecule has 0 aliphatic heterocycles. The molecule has 0 aromatic heterocycles. The van der Waals surface area contributed by atoms with Gasteiger partial charge in [0.25, 0.3) is 0 Å². The smallest absolute Gasteiger partial charge is 0.412 e. The first-order valence-corrected chi connectivity index (χ1v) is 5.09. The number of anilines is 1. The van der Waals surface area contributed by atoms with Crippen molar-refractivity contribution in [3.05, 3.63) is 28.6 Å². The number of hydrogen-bond acceptors (Lipinski definition) is 2. The zero-order chi connectivity index (χ0) is 15.0. The van der Waals surface area contributed by atoms with Crippen LogP contribution in [-0.2, 0) is 4.74 Å². The molecule has 0 fully saturated rings. The van der Waals surface area contributed by atoms with Gasteiger partial charge in [0.1, 0.15) is 5.60 Å². The molecule has 0 aliphatic rings. The van der Waals surface area contributed by atoms with E-state index in [9.17, 15) is 4.79 Å². The molecule has 1 aromatic rings. The lowest BCUT2D eigenvalue weighted by molar-refractivity contribution is 0.0636. The van der Waals surface area contributed by atoms with Gasteiger partial charge < -0.3 is 4.74 Å². The first kappa shape index (κ1) is 7.28. The number of rotatable bonds is 1. The summed E-state index contributed by atoms with van der Waals surface area (Å²) in [5.74, 6) is 0. The third-order valence-electron chi connectivity index (χ3n) is 1.22. The standard InChI is InChI=1S/C11H14BrNO2/c1-11(2,3)15-10(14)13-9-6-4-5-8(12)7-9/h4-7H,1-3H3,(H,13,14)/i4D,5D,6D,7D. The Bertz CT molecular complexity index is 499. The molecule has 1 amide bonds. The first-order valence-electron chi connectivity index (χ1n) is 6.30. The zero-order valence-corrected chi connectivity index (χ0v) is 10.3. The first-order chi connectivity index (χ1) is 8.54. The minimum absolute atomic E-state index is 0.0551. The van der Waals surface area contributed by atoms with Crippen LogP contribution in [0.4, 0.5) is 10.5 Å². The fourth-order valence-corrected chi connectivity index (χ4v) is 1.09. The highest BCUT2D eigenvalue weighted by Gasteiger charge is 2.15. The highest BCUT2D eigenvalue weighted by Crippen LogP contribution is 2.16. The molecule has 1 N–H and O–H groups in total. The zero-order valence-electron chi connectivity index (χ0n) is 12.7. The lowest BCUT2D eigenvalue weighted by Gasteiger charge is -2.19. The Morgan fingerprint density at radius 2 is 2.20 bits per heavy atom. The van der Waals surface area contributed by atoms with E-state index in [1.165, 1.54) is 0 Å². The topological polar surface area (TPSA) is 38.3 Å². The molecular formula is C11H14BrNO2. The number of carbonyl (C=O) groups excluding carboxylic acids is 1. The van der Waals surface area contributed by atoms with Crippen LogP contribution >= 0.6 is 15.9 Å². The second-order valence-corrected chi connectivity index (χ2v) is 4.61. The molecule has 0 heterocycles. The molecule has 15 heavy (non-hydrogen) atoms. The van der Waals surface area contributed by atoms with E-state index in [0.717, 1.165) is 0 Å². The van der Waals surface area contributed by atoms with Crippen molar-refractivity contribution in [2.24, 2.45) is 0 Å². The summed E-state index contributed by atoms with van der Waals surface area (Å²) in [6.45, 7) is 5.07. The maximum Gasteiger partial charge on any atom is 0.412 e. The molecule has 0 spiro atoms. The van der Waals surface area contributed by atoms with Crippen molar-refractivity contribution < 1.29 is 15.0 Å². The van der Waals surface area contributed by atoms with Crippen LogP contribution in [0.2, 0.25) is 0 Å². The summed E-state index contributed by atoms with van der Waals surface area (Å²) in [6.07, 6.45) is -0.807. The normalized spacial score (nSPS) is 14.7. The largest absolute Gasteiger partial charge is 0.444 e. The maximum absolute atomic E-state index is 11.6. The van der Waals surface area contributed by atoms with Gasteiger partial charge in [-0.3, -0.25) is 5.32 Å². The van der Waals surface area contributed by atoms with E-state index in [4.69, 9.17) is 10.2 Å². The van der Waals surface area contributed by atoms with Crippen molar-refractivity contribution in [3.63, 3.8) is 0 Å². The van der Waals surface area contributed by atoms with Gasteiger partial charge in [-0.15, -0.1) is 0 Å². The van der Waals surface area contributed by atoms with Crippen LogP contribution in [0, 0.1) is 0 Å².